The largest absolute Gasteiger partial charge is 0.478 e. The Bertz CT molecular complexity index is 1030. The smallest absolute Gasteiger partial charge is 0.416 e. The fourth-order valence-electron chi connectivity index (χ4n) is 3.71. The molecule has 1 aromatic carbocycles. The number of amides is 1. The molecule has 8 nitrogen and oxygen atoms in total. The molecule has 2 unspecified atom stereocenters. The van der Waals surface area contributed by atoms with Gasteiger partial charge in [-0.3, -0.25) is 20.7 Å². The molecule has 0 bridgehead atoms. The number of carbonyl (C=O) groups is 1. The summed E-state index contributed by atoms with van der Waals surface area (Å²) in [5.74, 6) is 0.475. The van der Waals surface area contributed by atoms with E-state index in [9.17, 15) is 18.0 Å². The fourth-order valence-corrected chi connectivity index (χ4v) is 3.71. The van der Waals surface area contributed by atoms with Gasteiger partial charge in [-0.05, 0) is 37.6 Å². The summed E-state index contributed by atoms with van der Waals surface area (Å²) in [7, 11) is 0. The predicted molar refractivity (Wildman–Crippen MR) is 110 cm³/mol. The maximum atomic E-state index is 13.5. The van der Waals surface area contributed by atoms with E-state index in [2.05, 4.69) is 26.9 Å². The Morgan fingerprint density at radius 3 is 2.66 bits per heavy atom. The van der Waals surface area contributed by atoms with Gasteiger partial charge in [-0.25, -0.2) is 5.43 Å². The number of halogens is 3. The predicted octanol–water partition coefficient (Wildman–Crippen LogP) is 2.23. The maximum Gasteiger partial charge on any atom is 0.416 e. The first-order chi connectivity index (χ1) is 15.3. The van der Waals surface area contributed by atoms with Gasteiger partial charge in [0.05, 0.1) is 18.2 Å². The summed E-state index contributed by atoms with van der Waals surface area (Å²) in [5.41, 5.74) is 8.89. The highest BCUT2D eigenvalue weighted by Crippen LogP contribution is 2.36. The molecule has 0 radical (unpaired) electrons. The normalized spacial score (nSPS) is 22.2. The summed E-state index contributed by atoms with van der Waals surface area (Å²) in [6, 6.07) is 4.63. The van der Waals surface area contributed by atoms with Gasteiger partial charge < -0.3 is 15.4 Å². The number of nitrogens with one attached hydrogen (secondary N) is 5. The third kappa shape index (κ3) is 4.24. The van der Waals surface area contributed by atoms with Crippen LogP contribution in [0.2, 0.25) is 0 Å². The van der Waals surface area contributed by atoms with E-state index < -0.39 is 29.9 Å². The van der Waals surface area contributed by atoms with E-state index in [1.807, 2.05) is 6.92 Å². The van der Waals surface area contributed by atoms with Crippen molar-refractivity contribution in [2.24, 2.45) is 0 Å². The SMILES string of the molecule is CCOC1=CC=C(NC(=O)C2=C(C)NC3C=CC(c4ccccc4C(F)(F)F)NN23)NN1. The fraction of sp³-hybridized carbons (Fsp3) is 0.286. The minimum atomic E-state index is -4.49. The van der Waals surface area contributed by atoms with Crippen molar-refractivity contribution in [1.82, 2.24) is 31.9 Å². The molecule has 3 aliphatic heterocycles. The zero-order valence-electron chi connectivity index (χ0n) is 17.4. The van der Waals surface area contributed by atoms with Crippen LogP contribution < -0.4 is 26.9 Å². The highest BCUT2D eigenvalue weighted by Gasteiger charge is 2.39. The molecule has 0 saturated heterocycles. The van der Waals surface area contributed by atoms with Gasteiger partial charge in [0.1, 0.15) is 17.7 Å². The number of carbonyl (C=O) groups excluding carboxylic acids is 1. The summed E-state index contributed by atoms with van der Waals surface area (Å²) < 4.78 is 45.8. The molecule has 4 rings (SSSR count). The standard InChI is InChI=1S/C21H23F3N6O2/c1-3-32-18-11-9-16(27-28-18)26-20(31)19-12(2)25-17-10-8-15(29-30(17)19)13-6-4-5-7-14(13)21(22,23)24/h4-11,15,17,25,27-29H,3H2,1-2H3,(H,26,31). The van der Waals surface area contributed by atoms with Crippen molar-refractivity contribution in [2.75, 3.05) is 6.61 Å². The lowest BCUT2D eigenvalue weighted by Gasteiger charge is -2.35. The molecule has 3 aliphatic rings. The molecule has 0 fully saturated rings. The minimum Gasteiger partial charge on any atom is -0.478 e. The van der Waals surface area contributed by atoms with Crippen molar-refractivity contribution in [3.05, 3.63) is 82.8 Å². The summed E-state index contributed by atoms with van der Waals surface area (Å²) in [6.07, 6.45) is 1.80. The topological polar surface area (TPSA) is 89.7 Å². The van der Waals surface area contributed by atoms with Crippen molar-refractivity contribution in [1.29, 1.82) is 0 Å². The lowest BCUT2D eigenvalue weighted by Crippen LogP contribution is -2.52. The molecule has 2 atom stereocenters. The van der Waals surface area contributed by atoms with Crippen molar-refractivity contribution >= 4 is 5.91 Å². The van der Waals surface area contributed by atoms with Crippen LogP contribution >= 0.6 is 0 Å². The number of fused-ring (bicyclic) bond motifs is 1. The van der Waals surface area contributed by atoms with Gasteiger partial charge >= 0.3 is 6.18 Å². The quantitative estimate of drug-likeness (QED) is 0.442. The number of hydrogen-bond donors (Lipinski definition) is 5. The van der Waals surface area contributed by atoms with Gasteiger partial charge in [-0.1, -0.05) is 24.3 Å². The average Bonchev–Trinajstić information content (AvgIpc) is 3.09. The molecule has 5 N–H and O–H groups in total. The molecule has 0 aliphatic carbocycles. The number of ether oxygens (including phenoxy) is 1. The number of rotatable bonds is 5. The zero-order chi connectivity index (χ0) is 22.9. The highest BCUT2D eigenvalue weighted by molar-refractivity contribution is 5.95. The lowest BCUT2D eigenvalue weighted by atomic mass is 9.99. The second kappa shape index (κ2) is 8.50. The van der Waals surface area contributed by atoms with Crippen LogP contribution in [-0.4, -0.2) is 23.7 Å². The molecule has 3 heterocycles. The molecule has 0 aromatic heterocycles. The van der Waals surface area contributed by atoms with E-state index in [-0.39, 0.29) is 11.3 Å². The number of nitrogens with zero attached hydrogens (tertiary/aromatic N) is 1. The molecule has 170 valence electrons. The number of alkyl halides is 3. The Labute approximate surface area is 182 Å². The number of allylic oxidation sites excluding steroid dienone is 3. The van der Waals surface area contributed by atoms with Crippen LogP contribution in [0.4, 0.5) is 13.2 Å². The van der Waals surface area contributed by atoms with Crippen molar-refractivity contribution in [3.63, 3.8) is 0 Å². The lowest BCUT2D eigenvalue weighted by molar-refractivity contribution is -0.138. The molecule has 1 aromatic rings. The van der Waals surface area contributed by atoms with E-state index in [0.717, 1.165) is 6.07 Å². The van der Waals surface area contributed by atoms with Crippen LogP contribution in [0.5, 0.6) is 0 Å². The van der Waals surface area contributed by atoms with Crippen LogP contribution in [0.15, 0.2) is 71.7 Å². The van der Waals surface area contributed by atoms with Gasteiger partial charge in [0.2, 0.25) is 5.88 Å². The first kappa shape index (κ1) is 21.6. The molecule has 32 heavy (non-hydrogen) atoms. The van der Waals surface area contributed by atoms with Crippen LogP contribution in [0, 0.1) is 0 Å². The van der Waals surface area contributed by atoms with E-state index in [0.29, 0.717) is 24.0 Å². The van der Waals surface area contributed by atoms with Gasteiger partial charge in [-0.15, -0.1) is 0 Å². The monoisotopic (exact) mass is 448 g/mol. The molecule has 0 spiro atoms. The second-order valence-electron chi connectivity index (χ2n) is 7.26. The summed E-state index contributed by atoms with van der Waals surface area (Å²) in [6.45, 7) is 4.07. The first-order valence-electron chi connectivity index (χ1n) is 10.0. The summed E-state index contributed by atoms with van der Waals surface area (Å²) >= 11 is 0. The average molecular weight is 448 g/mol. The Morgan fingerprint density at radius 1 is 1.19 bits per heavy atom. The number of hydrazine groups is 2. The zero-order valence-corrected chi connectivity index (χ0v) is 17.4. The molecule has 11 heteroatoms. The van der Waals surface area contributed by atoms with Crippen LogP contribution in [-0.2, 0) is 15.7 Å². The van der Waals surface area contributed by atoms with Crippen molar-refractivity contribution in [3.8, 4) is 0 Å². The van der Waals surface area contributed by atoms with E-state index in [1.54, 1.807) is 42.3 Å². The van der Waals surface area contributed by atoms with Gasteiger partial charge in [0.25, 0.3) is 5.91 Å². The summed E-state index contributed by atoms with van der Waals surface area (Å²) in [5, 5.41) is 7.43. The van der Waals surface area contributed by atoms with Gasteiger partial charge in [0, 0.05) is 11.8 Å². The number of benzene rings is 1. The van der Waals surface area contributed by atoms with Crippen molar-refractivity contribution < 1.29 is 22.7 Å². The molecular weight excluding hydrogens is 425 g/mol. The maximum absolute atomic E-state index is 13.5. The Kier molecular flexibility index (Phi) is 5.74. The van der Waals surface area contributed by atoms with E-state index in [1.165, 1.54) is 12.1 Å². The van der Waals surface area contributed by atoms with Gasteiger partial charge in [-0.2, -0.15) is 13.2 Å². The molecule has 0 saturated carbocycles. The highest BCUT2D eigenvalue weighted by atomic mass is 19.4. The minimum absolute atomic E-state index is 0.0773. The molecular formula is C21H23F3N6O2. The third-order valence-corrected chi connectivity index (χ3v) is 5.09. The Morgan fingerprint density at radius 2 is 1.97 bits per heavy atom. The Hall–Kier alpha value is -3.60. The van der Waals surface area contributed by atoms with Crippen LogP contribution in [0.1, 0.15) is 31.0 Å². The van der Waals surface area contributed by atoms with Crippen LogP contribution in [0.25, 0.3) is 0 Å². The van der Waals surface area contributed by atoms with E-state index >= 15 is 0 Å². The van der Waals surface area contributed by atoms with Crippen molar-refractivity contribution in [2.45, 2.75) is 32.2 Å². The molecule has 1 amide bonds. The first-order valence-corrected chi connectivity index (χ1v) is 10.0. The second-order valence-corrected chi connectivity index (χ2v) is 7.26. The van der Waals surface area contributed by atoms with Crippen LogP contribution in [0.3, 0.4) is 0 Å². The number of hydrogen-bond acceptors (Lipinski definition) is 7. The summed E-state index contributed by atoms with van der Waals surface area (Å²) in [4.78, 5) is 13.0. The van der Waals surface area contributed by atoms with E-state index in [4.69, 9.17) is 4.74 Å². The Balaban J connectivity index is 1.53. The van der Waals surface area contributed by atoms with Gasteiger partial charge in [0.15, 0.2) is 0 Å². The third-order valence-electron chi connectivity index (χ3n) is 5.09.